The Bertz CT molecular complexity index is 801. The van der Waals surface area contributed by atoms with Crippen LogP contribution in [0.1, 0.15) is 10.4 Å². The second kappa shape index (κ2) is 7.29. The molecule has 0 atom stereocenters. The molecular weight excluding hydrogens is 449 g/mol. The van der Waals surface area contributed by atoms with Crippen molar-refractivity contribution in [1.29, 1.82) is 0 Å². The Labute approximate surface area is 151 Å². The largest absolute Gasteiger partial charge is 0.478 e. The van der Waals surface area contributed by atoms with Crippen LogP contribution in [0.5, 0.6) is 5.75 Å². The van der Waals surface area contributed by atoms with Crippen LogP contribution in [-0.2, 0) is 0 Å². The third-order valence-corrected chi connectivity index (χ3v) is 3.20. The molecule has 0 amide bonds. The molecule has 0 aliphatic rings. The first kappa shape index (κ1) is 23.8. The number of hydrogen-bond acceptors (Lipinski definition) is 2. The molecule has 0 spiro atoms. The molecule has 0 saturated heterocycles. The van der Waals surface area contributed by atoms with E-state index in [0.717, 1.165) is 6.07 Å². The highest BCUT2D eigenvalue weighted by molar-refractivity contribution is 6.31. The highest BCUT2D eigenvalue weighted by Crippen LogP contribution is 2.55. The number of allylic oxidation sites excluding steroid dienone is 1. The van der Waals surface area contributed by atoms with E-state index in [4.69, 9.17) is 16.7 Å². The van der Waals surface area contributed by atoms with Crippen LogP contribution < -0.4 is 4.74 Å². The molecule has 0 radical (unpaired) electrons. The van der Waals surface area contributed by atoms with Crippen molar-refractivity contribution in [1.82, 2.24) is 0 Å². The number of carboxylic acid groups (broad SMARTS) is 1. The van der Waals surface area contributed by atoms with E-state index in [2.05, 4.69) is 4.74 Å². The summed E-state index contributed by atoms with van der Waals surface area (Å²) in [4.78, 5) is 10.9. The van der Waals surface area contributed by atoms with Crippen LogP contribution in [0.25, 0.3) is 0 Å². The predicted octanol–water partition coefficient (Wildman–Crippen LogP) is 5.99. The molecule has 0 aromatic heterocycles. The van der Waals surface area contributed by atoms with Crippen molar-refractivity contribution >= 4 is 17.6 Å². The second-order valence-electron chi connectivity index (χ2n) is 4.86. The Balaban J connectivity index is 3.43. The zero-order chi connectivity index (χ0) is 22.3. The molecule has 0 aliphatic heterocycles. The van der Waals surface area contributed by atoms with E-state index in [1.807, 2.05) is 0 Å². The number of benzene rings is 1. The van der Waals surface area contributed by atoms with E-state index in [1.165, 1.54) is 0 Å². The van der Waals surface area contributed by atoms with Gasteiger partial charge in [0.05, 0.1) is 0 Å². The van der Waals surface area contributed by atoms with E-state index >= 15 is 0 Å². The predicted molar refractivity (Wildman–Crippen MR) is 69.2 cm³/mol. The minimum atomic E-state index is -7.47. The van der Waals surface area contributed by atoms with Crippen LogP contribution in [0.3, 0.4) is 0 Å². The number of carbonyl (C=O) groups is 1. The molecule has 0 heterocycles. The summed E-state index contributed by atoms with van der Waals surface area (Å²) in [6.45, 7) is 0. The first-order valence-electron chi connectivity index (χ1n) is 6.34. The van der Waals surface area contributed by atoms with Crippen LogP contribution in [0.4, 0.5) is 48.3 Å². The first-order chi connectivity index (χ1) is 12.4. The fourth-order valence-electron chi connectivity index (χ4n) is 1.54. The molecule has 15 heteroatoms. The Morgan fingerprint density at radius 1 is 0.929 bits per heavy atom. The molecule has 1 aromatic rings. The SMILES string of the molecule is O=C(O)c1cc(Cl)ccc1OC(F)=C(F)C(F)(F)C(F)(F)C(F)(F)C(F)(F)F. The van der Waals surface area contributed by atoms with Gasteiger partial charge in [-0.1, -0.05) is 11.6 Å². The van der Waals surface area contributed by atoms with E-state index < -0.39 is 53.1 Å². The van der Waals surface area contributed by atoms with Crippen molar-refractivity contribution in [2.75, 3.05) is 0 Å². The highest BCUT2D eigenvalue weighted by Gasteiger charge is 2.83. The number of rotatable bonds is 6. The van der Waals surface area contributed by atoms with Gasteiger partial charge in [-0.2, -0.15) is 48.3 Å². The number of carboxylic acids is 1. The van der Waals surface area contributed by atoms with E-state index in [1.54, 1.807) is 0 Å². The lowest BCUT2D eigenvalue weighted by Crippen LogP contribution is -2.61. The summed E-state index contributed by atoms with van der Waals surface area (Å²) in [7, 11) is 0. The van der Waals surface area contributed by atoms with Crippen molar-refractivity contribution in [3.05, 3.63) is 40.6 Å². The van der Waals surface area contributed by atoms with Gasteiger partial charge in [-0.05, 0) is 18.2 Å². The number of ether oxygens (including phenoxy) is 1. The van der Waals surface area contributed by atoms with E-state index in [-0.39, 0.29) is 5.02 Å². The van der Waals surface area contributed by atoms with Crippen molar-refractivity contribution in [2.24, 2.45) is 0 Å². The van der Waals surface area contributed by atoms with Crippen LogP contribution in [0.2, 0.25) is 5.02 Å². The second-order valence-corrected chi connectivity index (χ2v) is 5.29. The van der Waals surface area contributed by atoms with Gasteiger partial charge in [0.25, 0.3) is 0 Å². The monoisotopic (exact) mass is 452 g/mol. The minimum Gasteiger partial charge on any atom is -0.478 e. The molecule has 0 unspecified atom stereocenters. The van der Waals surface area contributed by atoms with E-state index in [9.17, 15) is 53.1 Å². The van der Waals surface area contributed by atoms with Gasteiger partial charge in [-0.25, -0.2) is 4.79 Å². The van der Waals surface area contributed by atoms with Gasteiger partial charge in [0.2, 0.25) is 5.83 Å². The van der Waals surface area contributed by atoms with Crippen LogP contribution in [0, 0.1) is 0 Å². The van der Waals surface area contributed by atoms with Gasteiger partial charge >= 0.3 is 35.9 Å². The number of alkyl halides is 9. The lowest BCUT2D eigenvalue weighted by molar-refractivity contribution is -0.392. The van der Waals surface area contributed by atoms with Crippen molar-refractivity contribution < 1.29 is 62.9 Å². The van der Waals surface area contributed by atoms with Crippen molar-refractivity contribution in [3.8, 4) is 5.75 Å². The van der Waals surface area contributed by atoms with Crippen molar-refractivity contribution in [3.63, 3.8) is 0 Å². The Kier molecular flexibility index (Phi) is 6.20. The lowest BCUT2D eigenvalue weighted by atomic mass is 10.0. The van der Waals surface area contributed by atoms with E-state index in [0.29, 0.717) is 12.1 Å². The van der Waals surface area contributed by atoms with Gasteiger partial charge in [-0.3, -0.25) is 0 Å². The molecule has 1 aromatic carbocycles. The first-order valence-corrected chi connectivity index (χ1v) is 6.72. The average Bonchev–Trinajstić information content (AvgIpc) is 2.53. The van der Waals surface area contributed by atoms with Gasteiger partial charge in [0.1, 0.15) is 11.3 Å². The highest BCUT2D eigenvalue weighted by atomic mass is 35.5. The number of halogens is 12. The van der Waals surface area contributed by atoms with Crippen LogP contribution >= 0.6 is 11.6 Å². The summed E-state index contributed by atoms with van der Waals surface area (Å²) in [5.74, 6) is -29.4. The third-order valence-electron chi connectivity index (χ3n) is 2.96. The van der Waals surface area contributed by atoms with Crippen LogP contribution in [0.15, 0.2) is 30.0 Å². The number of hydrogen-bond donors (Lipinski definition) is 1. The zero-order valence-electron chi connectivity index (χ0n) is 12.5. The summed E-state index contributed by atoms with van der Waals surface area (Å²) < 4.78 is 144. The average molecular weight is 453 g/mol. The molecule has 3 nitrogen and oxygen atoms in total. The zero-order valence-corrected chi connectivity index (χ0v) is 13.3. The van der Waals surface area contributed by atoms with Gasteiger partial charge < -0.3 is 9.84 Å². The molecule has 28 heavy (non-hydrogen) atoms. The topological polar surface area (TPSA) is 46.5 Å². The smallest absolute Gasteiger partial charge is 0.460 e. The maximum atomic E-state index is 13.5. The fourth-order valence-corrected chi connectivity index (χ4v) is 1.71. The summed E-state index contributed by atoms with van der Waals surface area (Å²) in [6, 6.07) is -1.67. The molecule has 0 aliphatic carbocycles. The van der Waals surface area contributed by atoms with Gasteiger partial charge in [0.15, 0.2) is 0 Å². The maximum absolute atomic E-state index is 13.5. The quantitative estimate of drug-likeness (QED) is 0.426. The van der Waals surface area contributed by atoms with Gasteiger partial charge in [-0.15, -0.1) is 0 Å². The molecule has 0 bridgehead atoms. The Morgan fingerprint density at radius 2 is 1.43 bits per heavy atom. The molecule has 0 fully saturated rings. The summed E-state index contributed by atoms with van der Waals surface area (Å²) in [5.41, 5.74) is -1.11. The molecular formula is C13H4ClF11O3. The third kappa shape index (κ3) is 3.95. The Hall–Kier alpha value is -2.25. The Morgan fingerprint density at radius 3 is 1.86 bits per heavy atom. The molecule has 1 N–H and O–H groups in total. The maximum Gasteiger partial charge on any atom is 0.460 e. The number of aromatic carboxylic acids is 1. The lowest BCUT2D eigenvalue weighted by Gasteiger charge is -2.32. The summed E-state index contributed by atoms with van der Waals surface area (Å²) in [6.07, 6.45) is -7.25. The molecule has 158 valence electrons. The van der Waals surface area contributed by atoms with Crippen molar-refractivity contribution in [2.45, 2.75) is 23.9 Å². The minimum absolute atomic E-state index is 0.337. The standard InChI is InChI=1S/C13H4ClF11O3/c14-4-1-2-6(5(3-4)9(26)27)28-8(16)7(15)10(17,18)11(19,20)12(21,22)13(23,24)25/h1-3H,(H,26,27). The molecule has 0 saturated carbocycles. The van der Waals surface area contributed by atoms with Crippen LogP contribution in [-0.4, -0.2) is 35.0 Å². The fraction of sp³-hybridized carbons (Fsp3) is 0.308. The molecule has 1 rings (SSSR count). The summed E-state index contributed by atoms with van der Waals surface area (Å²) in [5, 5.41) is 8.43. The van der Waals surface area contributed by atoms with Gasteiger partial charge in [0, 0.05) is 5.02 Å². The summed E-state index contributed by atoms with van der Waals surface area (Å²) >= 11 is 5.38. The normalized spacial score (nSPS) is 14.6.